The van der Waals surface area contributed by atoms with E-state index in [1.165, 1.54) is 4.31 Å². The third kappa shape index (κ3) is 3.66. The third-order valence-electron chi connectivity index (χ3n) is 3.26. The molecule has 1 aliphatic rings. The van der Waals surface area contributed by atoms with E-state index in [0.717, 1.165) is 0 Å². The van der Waals surface area contributed by atoms with Crippen molar-refractivity contribution in [1.29, 1.82) is 0 Å². The predicted molar refractivity (Wildman–Crippen MR) is 66.8 cm³/mol. The van der Waals surface area contributed by atoms with Crippen molar-refractivity contribution in [2.24, 2.45) is 5.41 Å². The van der Waals surface area contributed by atoms with Crippen molar-refractivity contribution in [2.45, 2.75) is 26.7 Å². The van der Waals surface area contributed by atoms with Gasteiger partial charge in [-0.05, 0) is 26.7 Å². The molecule has 0 aromatic carbocycles. The normalized spacial score (nSPS) is 26.1. The Hall–Kier alpha value is -0.660. The fourth-order valence-corrected chi connectivity index (χ4v) is 3.52. The van der Waals surface area contributed by atoms with E-state index < -0.39 is 21.4 Å². The number of piperidine rings is 1. The lowest BCUT2D eigenvalue weighted by Gasteiger charge is -2.36. The summed E-state index contributed by atoms with van der Waals surface area (Å²) >= 11 is 0. The Morgan fingerprint density at radius 1 is 1.50 bits per heavy atom. The summed E-state index contributed by atoms with van der Waals surface area (Å²) in [5, 5.41) is 9.15. The molecule has 18 heavy (non-hydrogen) atoms. The molecule has 1 rings (SSSR count). The molecule has 0 spiro atoms. The highest BCUT2D eigenvalue weighted by Gasteiger charge is 2.41. The van der Waals surface area contributed by atoms with Crippen LogP contribution in [0.2, 0.25) is 0 Å². The smallest absolute Gasteiger partial charge is 0.310 e. The van der Waals surface area contributed by atoms with Gasteiger partial charge >= 0.3 is 5.97 Å². The molecule has 6 nitrogen and oxygen atoms in total. The van der Waals surface area contributed by atoms with Crippen LogP contribution in [0.1, 0.15) is 26.7 Å². The maximum absolute atomic E-state index is 12.0. The second kappa shape index (κ2) is 5.99. The fourth-order valence-electron chi connectivity index (χ4n) is 2.04. The molecule has 0 aromatic heterocycles. The van der Waals surface area contributed by atoms with Crippen LogP contribution in [-0.4, -0.2) is 55.9 Å². The molecule has 1 saturated heterocycles. The quantitative estimate of drug-likeness (QED) is 0.717. The zero-order chi connectivity index (χ0) is 13.8. The largest absolute Gasteiger partial charge is 0.481 e. The van der Waals surface area contributed by atoms with E-state index in [1.54, 1.807) is 13.8 Å². The van der Waals surface area contributed by atoms with E-state index in [9.17, 15) is 13.2 Å². The van der Waals surface area contributed by atoms with Crippen LogP contribution in [0, 0.1) is 5.41 Å². The van der Waals surface area contributed by atoms with Gasteiger partial charge in [-0.3, -0.25) is 4.79 Å². The topological polar surface area (TPSA) is 83.9 Å². The summed E-state index contributed by atoms with van der Waals surface area (Å²) < 4.78 is 30.4. The summed E-state index contributed by atoms with van der Waals surface area (Å²) in [7, 11) is -3.42. The van der Waals surface area contributed by atoms with Gasteiger partial charge in [-0.15, -0.1) is 0 Å². The van der Waals surface area contributed by atoms with Gasteiger partial charge in [0, 0.05) is 19.7 Å². The first-order valence-corrected chi connectivity index (χ1v) is 7.72. The lowest BCUT2D eigenvalue weighted by molar-refractivity contribution is -0.150. The number of ether oxygens (including phenoxy) is 1. The molecule has 1 atom stereocenters. The summed E-state index contributed by atoms with van der Waals surface area (Å²) in [6.45, 7) is 4.48. The molecule has 0 bridgehead atoms. The van der Waals surface area contributed by atoms with Crippen LogP contribution >= 0.6 is 0 Å². The van der Waals surface area contributed by atoms with Gasteiger partial charge in [-0.1, -0.05) is 0 Å². The standard InChI is InChI=1S/C11H21NO5S/c1-3-17-7-8-18(15,16)12-6-4-5-11(2,9-12)10(13)14/h3-9H2,1-2H3,(H,13,14). The number of nitrogens with zero attached hydrogens (tertiary/aromatic N) is 1. The minimum Gasteiger partial charge on any atom is -0.481 e. The first kappa shape index (κ1) is 15.4. The monoisotopic (exact) mass is 279 g/mol. The number of hydrogen-bond acceptors (Lipinski definition) is 4. The van der Waals surface area contributed by atoms with Crippen molar-refractivity contribution in [3.63, 3.8) is 0 Å². The molecule has 0 aromatic rings. The SMILES string of the molecule is CCOCCS(=O)(=O)N1CCCC(C)(C(=O)O)C1. The molecule has 0 saturated carbocycles. The van der Waals surface area contributed by atoms with Gasteiger partial charge in [0.1, 0.15) is 0 Å². The van der Waals surface area contributed by atoms with Gasteiger partial charge in [-0.25, -0.2) is 12.7 Å². The van der Waals surface area contributed by atoms with Crippen molar-refractivity contribution >= 4 is 16.0 Å². The third-order valence-corrected chi connectivity index (χ3v) is 5.04. The second-order valence-electron chi connectivity index (χ2n) is 4.82. The van der Waals surface area contributed by atoms with Gasteiger partial charge in [0.05, 0.1) is 17.8 Å². The van der Waals surface area contributed by atoms with E-state index in [-0.39, 0.29) is 18.9 Å². The number of hydrogen-bond donors (Lipinski definition) is 1. The summed E-state index contributed by atoms with van der Waals surface area (Å²) in [5.41, 5.74) is -0.975. The first-order chi connectivity index (χ1) is 8.32. The maximum atomic E-state index is 12.0. The van der Waals surface area contributed by atoms with Gasteiger partial charge in [0.15, 0.2) is 0 Å². The van der Waals surface area contributed by atoms with Crippen LogP contribution in [-0.2, 0) is 19.6 Å². The van der Waals surface area contributed by atoms with Crippen LogP contribution in [0.5, 0.6) is 0 Å². The van der Waals surface area contributed by atoms with E-state index in [2.05, 4.69) is 0 Å². The summed E-state index contributed by atoms with van der Waals surface area (Å²) in [6.07, 6.45) is 1.09. The summed E-state index contributed by atoms with van der Waals surface area (Å²) in [4.78, 5) is 11.2. The fraction of sp³-hybridized carbons (Fsp3) is 0.909. The van der Waals surface area contributed by atoms with E-state index in [1.807, 2.05) is 0 Å². The van der Waals surface area contributed by atoms with Crippen molar-refractivity contribution in [3.05, 3.63) is 0 Å². The van der Waals surface area contributed by atoms with Crippen molar-refractivity contribution < 1.29 is 23.1 Å². The van der Waals surface area contributed by atoms with E-state index in [0.29, 0.717) is 26.0 Å². The predicted octanol–water partition coefficient (Wildman–Crippen LogP) is 0.539. The van der Waals surface area contributed by atoms with E-state index in [4.69, 9.17) is 9.84 Å². The number of aliphatic carboxylic acids is 1. The Morgan fingerprint density at radius 3 is 2.72 bits per heavy atom. The number of carbonyl (C=O) groups is 1. The molecule has 1 heterocycles. The zero-order valence-corrected chi connectivity index (χ0v) is 11.7. The van der Waals surface area contributed by atoms with Gasteiger partial charge in [0.2, 0.25) is 10.0 Å². The molecule has 7 heteroatoms. The molecular formula is C11H21NO5S. The van der Waals surface area contributed by atoms with Crippen LogP contribution < -0.4 is 0 Å². The van der Waals surface area contributed by atoms with Crippen molar-refractivity contribution in [3.8, 4) is 0 Å². The number of carboxylic acids is 1. The van der Waals surface area contributed by atoms with Crippen LogP contribution in [0.15, 0.2) is 0 Å². The van der Waals surface area contributed by atoms with Gasteiger partial charge in [-0.2, -0.15) is 0 Å². The minimum absolute atomic E-state index is 0.0524. The molecule has 106 valence electrons. The molecule has 0 radical (unpaired) electrons. The molecular weight excluding hydrogens is 258 g/mol. The van der Waals surface area contributed by atoms with Crippen LogP contribution in [0.25, 0.3) is 0 Å². The average Bonchev–Trinajstić information content (AvgIpc) is 2.29. The number of rotatable bonds is 6. The zero-order valence-electron chi connectivity index (χ0n) is 10.9. The van der Waals surface area contributed by atoms with Crippen LogP contribution in [0.4, 0.5) is 0 Å². The van der Waals surface area contributed by atoms with E-state index >= 15 is 0 Å². The summed E-state index contributed by atoms with van der Waals surface area (Å²) in [6, 6.07) is 0. The Labute approximate surface area is 108 Å². The molecule has 1 aliphatic heterocycles. The van der Waals surface area contributed by atoms with Gasteiger partial charge in [0.25, 0.3) is 0 Å². The van der Waals surface area contributed by atoms with Crippen LogP contribution in [0.3, 0.4) is 0 Å². The second-order valence-corrected chi connectivity index (χ2v) is 6.90. The molecule has 0 aliphatic carbocycles. The lowest BCUT2D eigenvalue weighted by atomic mass is 9.83. The number of sulfonamides is 1. The molecule has 1 fully saturated rings. The molecule has 0 amide bonds. The first-order valence-electron chi connectivity index (χ1n) is 6.11. The average molecular weight is 279 g/mol. The Kier molecular flexibility index (Phi) is 5.12. The Morgan fingerprint density at radius 2 is 2.17 bits per heavy atom. The minimum atomic E-state index is -3.42. The Bertz CT molecular complexity index is 394. The molecule has 1 N–H and O–H groups in total. The number of carboxylic acid groups (broad SMARTS) is 1. The highest BCUT2D eigenvalue weighted by atomic mass is 32.2. The Balaban J connectivity index is 2.68. The highest BCUT2D eigenvalue weighted by Crippen LogP contribution is 2.31. The van der Waals surface area contributed by atoms with Gasteiger partial charge < -0.3 is 9.84 Å². The highest BCUT2D eigenvalue weighted by molar-refractivity contribution is 7.89. The van der Waals surface area contributed by atoms with Crippen molar-refractivity contribution in [1.82, 2.24) is 4.31 Å². The maximum Gasteiger partial charge on any atom is 0.310 e. The summed E-state index contributed by atoms with van der Waals surface area (Å²) in [5.74, 6) is -1.02. The van der Waals surface area contributed by atoms with Crippen molar-refractivity contribution in [2.75, 3.05) is 32.1 Å². The molecule has 1 unspecified atom stereocenters. The lowest BCUT2D eigenvalue weighted by Crippen LogP contribution is -2.49.